The SMILES string of the molecule is CC1(Cc2ccc(Cl)cc2F)CCN(C(=O)c2cccnc2-c2ccncc2)CC1. The fourth-order valence-corrected chi connectivity index (χ4v) is 4.20. The lowest BCUT2D eigenvalue weighted by atomic mass is 9.75. The first-order chi connectivity index (χ1) is 14.5. The minimum atomic E-state index is -0.264. The van der Waals surface area contributed by atoms with Gasteiger partial charge in [-0.3, -0.25) is 14.8 Å². The second-order valence-electron chi connectivity index (χ2n) is 8.15. The fraction of sp³-hybridized carbons (Fsp3) is 0.292. The lowest BCUT2D eigenvalue weighted by Crippen LogP contribution is -2.43. The number of pyridine rings is 2. The number of carbonyl (C=O) groups is 1. The Morgan fingerprint density at radius 1 is 1.13 bits per heavy atom. The van der Waals surface area contributed by atoms with Gasteiger partial charge in [0, 0.05) is 42.3 Å². The average molecular weight is 424 g/mol. The summed E-state index contributed by atoms with van der Waals surface area (Å²) in [6.45, 7) is 3.43. The highest BCUT2D eigenvalue weighted by Crippen LogP contribution is 2.36. The van der Waals surface area contributed by atoms with E-state index in [9.17, 15) is 9.18 Å². The molecule has 3 aromatic rings. The maximum absolute atomic E-state index is 14.2. The van der Waals surface area contributed by atoms with Crippen LogP contribution in [-0.4, -0.2) is 33.9 Å². The monoisotopic (exact) mass is 423 g/mol. The zero-order valence-corrected chi connectivity index (χ0v) is 17.6. The van der Waals surface area contributed by atoms with Crippen LogP contribution in [0.5, 0.6) is 0 Å². The Hall–Kier alpha value is -2.79. The van der Waals surface area contributed by atoms with E-state index in [0.29, 0.717) is 41.4 Å². The number of piperidine rings is 1. The molecular weight excluding hydrogens is 401 g/mol. The molecule has 1 saturated heterocycles. The van der Waals surface area contributed by atoms with Gasteiger partial charge in [-0.2, -0.15) is 0 Å². The number of rotatable bonds is 4. The Balaban J connectivity index is 1.48. The summed E-state index contributed by atoms with van der Waals surface area (Å²) < 4.78 is 14.2. The van der Waals surface area contributed by atoms with Crippen molar-refractivity contribution in [2.45, 2.75) is 26.2 Å². The molecule has 1 aliphatic heterocycles. The van der Waals surface area contributed by atoms with E-state index in [1.807, 2.05) is 23.1 Å². The van der Waals surface area contributed by atoms with Crippen LogP contribution in [0, 0.1) is 11.2 Å². The Morgan fingerprint density at radius 3 is 2.57 bits per heavy atom. The first-order valence-corrected chi connectivity index (χ1v) is 10.4. The van der Waals surface area contributed by atoms with Gasteiger partial charge in [0.05, 0.1) is 11.3 Å². The van der Waals surface area contributed by atoms with Gasteiger partial charge < -0.3 is 4.90 Å². The summed E-state index contributed by atoms with van der Waals surface area (Å²) in [6.07, 6.45) is 7.34. The molecule has 4 nitrogen and oxygen atoms in total. The summed E-state index contributed by atoms with van der Waals surface area (Å²) in [6, 6.07) is 12.2. The first kappa shape index (κ1) is 20.5. The van der Waals surface area contributed by atoms with Gasteiger partial charge >= 0.3 is 0 Å². The van der Waals surface area contributed by atoms with E-state index in [4.69, 9.17) is 11.6 Å². The van der Waals surface area contributed by atoms with Crippen molar-refractivity contribution in [2.75, 3.05) is 13.1 Å². The highest BCUT2D eigenvalue weighted by atomic mass is 35.5. The molecule has 1 fully saturated rings. The molecular formula is C24H23ClFN3O. The van der Waals surface area contributed by atoms with E-state index in [1.165, 1.54) is 6.07 Å². The van der Waals surface area contributed by atoms with E-state index in [1.54, 1.807) is 36.8 Å². The molecule has 0 radical (unpaired) electrons. The van der Waals surface area contributed by atoms with Gasteiger partial charge in [-0.1, -0.05) is 24.6 Å². The Labute approximate surface area is 180 Å². The molecule has 2 aromatic heterocycles. The Morgan fingerprint density at radius 2 is 1.87 bits per heavy atom. The molecule has 0 N–H and O–H groups in total. The molecule has 30 heavy (non-hydrogen) atoms. The predicted octanol–water partition coefficient (Wildman–Crippen LogP) is 5.42. The normalized spacial score (nSPS) is 15.8. The second kappa shape index (κ2) is 8.52. The molecule has 3 heterocycles. The number of likely N-dealkylation sites (tertiary alicyclic amines) is 1. The van der Waals surface area contributed by atoms with E-state index < -0.39 is 0 Å². The van der Waals surface area contributed by atoms with Crippen LogP contribution in [0.1, 0.15) is 35.7 Å². The van der Waals surface area contributed by atoms with Gasteiger partial charge in [0.1, 0.15) is 5.82 Å². The smallest absolute Gasteiger partial charge is 0.256 e. The van der Waals surface area contributed by atoms with Crippen LogP contribution in [0.15, 0.2) is 61.1 Å². The lowest BCUT2D eigenvalue weighted by molar-refractivity contribution is 0.0606. The van der Waals surface area contributed by atoms with E-state index in [2.05, 4.69) is 16.9 Å². The van der Waals surface area contributed by atoms with Gasteiger partial charge in [-0.15, -0.1) is 0 Å². The Bertz CT molecular complexity index is 1050. The van der Waals surface area contributed by atoms with Gasteiger partial charge in [0.25, 0.3) is 5.91 Å². The van der Waals surface area contributed by atoms with Gasteiger partial charge in [-0.05, 0) is 66.6 Å². The zero-order chi connectivity index (χ0) is 21.1. The summed E-state index contributed by atoms with van der Waals surface area (Å²) in [4.78, 5) is 23.6. The highest BCUT2D eigenvalue weighted by molar-refractivity contribution is 6.30. The third-order valence-corrected chi connectivity index (χ3v) is 6.12. The van der Waals surface area contributed by atoms with Crippen molar-refractivity contribution in [3.05, 3.63) is 83.0 Å². The third kappa shape index (κ3) is 4.36. The molecule has 0 unspecified atom stereocenters. The van der Waals surface area contributed by atoms with E-state index in [-0.39, 0.29) is 17.1 Å². The fourth-order valence-electron chi connectivity index (χ4n) is 4.04. The van der Waals surface area contributed by atoms with Gasteiger partial charge in [0.2, 0.25) is 0 Å². The predicted molar refractivity (Wildman–Crippen MR) is 116 cm³/mol. The molecule has 154 valence electrons. The molecule has 1 aliphatic rings. The topological polar surface area (TPSA) is 46.1 Å². The van der Waals surface area contributed by atoms with E-state index in [0.717, 1.165) is 18.4 Å². The minimum Gasteiger partial charge on any atom is -0.339 e. The number of halogens is 2. The molecule has 0 spiro atoms. The summed E-state index contributed by atoms with van der Waals surface area (Å²) in [5.74, 6) is -0.283. The van der Waals surface area contributed by atoms with Crippen LogP contribution in [0.3, 0.4) is 0 Å². The molecule has 0 saturated carbocycles. The molecule has 0 atom stereocenters. The molecule has 6 heteroatoms. The Kier molecular flexibility index (Phi) is 5.82. The van der Waals surface area contributed by atoms with Crippen LogP contribution in [0.2, 0.25) is 5.02 Å². The van der Waals surface area contributed by atoms with E-state index >= 15 is 0 Å². The van der Waals surface area contributed by atoms with Crippen molar-refractivity contribution in [1.29, 1.82) is 0 Å². The van der Waals surface area contributed by atoms with Crippen molar-refractivity contribution < 1.29 is 9.18 Å². The van der Waals surface area contributed by atoms with Crippen LogP contribution in [0.4, 0.5) is 4.39 Å². The van der Waals surface area contributed by atoms with Crippen molar-refractivity contribution >= 4 is 17.5 Å². The summed E-state index contributed by atoms with van der Waals surface area (Å²) in [5.41, 5.74) is 2.74. The number of benzene rings is 1. The van der Waals surface area contributed by atoms with Crippen LogP contribution < -0.4 is 0 Å². The number of amides is 1. The standard InChI is InChI=1S/C24H23ClFN3O/c1-24(16-18-4-5-19(25)15-21(18)26)8-13-29(14-9-24)23(30)20-3-2-10-28-22(20)17-6-11-27-12-7-17/h2-7,10-12,15H,8-9,13-14,16H2,1H3. The molecule has 0 bridgehead atoms. The van der Waals surface area contributed by atoms with Crippen LogP contribution in [-0.2, 0) is 6.42 Å². The maximum Gasteiger partial charge on any atom is 0.256 e. The largest absolute Gasteiger partial charge is 0.339 e. The molecule has 1 aromatic carbocycles. The van der Waals surface area contributed by atoms with Crippen molar-refractivity contribution in [1.82, 2.24) is 14.9 Å². The van der Waals surface area contributed by atoms with Gasteiger partial charge in [-0.25, -0.2) is 4.39 Å². The molecule has 1 amide bonds. The lowest BCUT2D eigenvalue weighted by Gasteiger charge is -2.39. The highest BCUT2D eigenvalue weighted by Gasteiger charge is 2.33. The summed E-state index contributed by atoms with van der Waals surface area (Å²) in [7, 11) is 0. The number of hydrogen-bond donors (Lipinski definition) is 0. The number of nitrogens with zero attached hydrogens (tertiary/aromatic N) is 3. The maximum atomic E-state index is 14.2. The first-order valence-electron chi connectivity index (χ1n) is 10.0. The quantitative estimate of drug-likeness (QED) is 0.562. The molecule has 0 aliphatic carbocycles. The van der Waals surface area contributed by atoms with Gasteiger partial charge in [0.15, 0.2) is 0 Å². The zero-order valence-electron chi connectivity index (χ0n) is 16.8. The third-order valence-electron chi connectivity index (χ3n) is 5.88. The number of carbonyl (C=O) groups excluding carboxylic acids is 1. The second-order valence-corrected chi connectivity index (χ2v) is 8.59. The van der Waals surface area contributed by atoms with Crippen LogP contribution in [0.25, 0.3) is 11.3 Å². The minimum absolute atomic E-state index is 0.0189. The van der Waals surface area contributed by atoms with Crippen molar-refractivity contribution in [2.24, 2.45) is 5.41 Å². The van der Waals surface area contributed by atoms with Crippen molar-refractivity contribution in [3.63, 3.8) is 0 Å². The van der Waals surface area contributed by atoms with Crippen molar-refractivity contribution in [3.8, 4) is 11.3 Å². The van der Waals surface area contributed by atoms with Crippen LogP contribution >= 0.6 is 11.6 Å². The number of hydrogen-bond acceptors (Lipinski definition) is 3. The summed E-state index contributed by atoms with van der Waals surface area (Å²) in [5, 5.41) is 0.406. The number of aromatic nitrogens is 2. The summed E-state index contributed by atoms with van der Waals surface area (Å²) >= 11 is 5.87. The molecule has 4 rings (SSSR count). The average Bonchev–Trinajstić information content (AvgIpc) is 2.76.